The van der Waals surface area contributed by atoms with E-state index in [0.29, 0.717) is 18.8 Å². The minimum Gasteiger partial charge on any atom is -0.484 e. The number of hydrogen-bond donors (Lipinski definition) is 3. The number of ether oxygens (including phenoxy) is 1. The van der Waals surface area contributed by atoms with Crippen LogP contribution in [0.3, 0.4) is 0 Å². The number of carbonyl (C=O) groups is 2. The number of amides is 2. The summed E-state index contributed by atoms with van der Waals surface area (Å²) in [6.45, 7) is 3.80. The lowest BCUT2D eigenvalue weighted by atomic mass is 10.2. The van der Waals surface area contributed by atoms with Crippen LogP contribution in [-0.2, 0) is 14.8 Å². The van der Waals surface area contributed by atoms with Gasteiger partial charge in [-0.15, -0.1) is 0 Å². The third-order valence-corrected chi connectivity index (χ3v) is 7.09. The van der Waals surface area contributed by atoms with Crippen molar-refractivity contribution in [2.24, 2.45) is 0 Å². The lowest BCUT2D eigenvalue weighted by Crippen LogP contribution is -2.43. The Balaban J connectivity index is 1.50. The molecule has 3 rings (SSSR count). The SMILES string of the molecule is CCN(CC)S(=O)(=O)c1cccc(C(=O)NNC(=O)COc2ccc(Nc3ccccc3)cc2)c1. The average Bonchev–Trinajstić information content (AvgIpc) is 2.88. The summed E-state index contributed by atoms with van der Waals surface area (Å²) >= 11 is 0. The first-order valence-corrected chi connectivity index (χ1v) is 12.5. The maximum absolute atomic E-state index is 12.7. The van der Waals surface area contributed by atoms with E-state index < -0.39 is 21.8 Å². The van der Waals surface area contributed by atoms with Crippen molar-refractivity contribution in [1.82, 2.24) is 15.2 Å². The van der Waals surface area contributed by atoms with Crippen LogP contribution in [0.5, 0.6) is 5.75 Å². The summed E-state index contributed by atoms with van der Waals surface area (Å²) in [5.41, 5.74) is 6.45. The predicted molar refractivity (Wildman–Crippen MR) is 134 cm³/mol. The maximum atomic E-state index is 12.7. The third kappa shape index (κ3) is 7.05. The molecule has 9 nitrogen and oxygen atoms in total. The fourth-order valence-corrected chi connectivity index (χ4v) is 4.72. The zero-order valence-corrected chi connectivity index (χ0v) is 20.3. The molecule has 0 aliphatic carbocycles. The number of sulfonamides is 1. The summed E-state index contributed by atoms with van der Waals surface area (Å²) in [6.07, 6.45) is 0. The molecule has 0 bridgehead atoms. The first-order chi connectivity index (χ1) is 16.8. The summed E-state index contributed by atoms with van der Waals surface area (Å²) in [5.74, 6) is -0.734. The molecule has 3 aromatic carbocycles. The van der Waals surface area contributed by atoms with Crippen molar-refractivity contribution in [3.05, 3.63) is 84.4 Å². The quantitative estimate of drug-likeness (QED) is 0.371. The highest BCUT2D eigenvalue weighted by Crippen LogP contribution is 2.20. The molecule has 0 atom stereocenters. The summed E-state index contributed by atoms with van der Waals surface area (Å²) in [5, 5.41) is 3.25. The number of nitrogens with zero attached hydrogens (tertiary/aromatic N) is 1. The number of benzene rings is 3. The number of anilines is 2. The molecule has 3 N–H and O–H groups in total. The second-order valence-electron chi connectivity index (χ2n) is 7.42. The van der Waals surface area contributed by atoms with E-state index >= 15 is 0 Å². The van der Waals surface area contributed by atoms with E-state index in [0.717, 1.165) is 11.4 Å². The van der Waals surface area contributed by atoms with Crippen molar-refractivity contribution in [2.75, 3.05) is 25.0 Å². The molecular weight excluding hydrogens is 468 g/mol. The van der Waals surface area contributed by atoms with Crippen molar-refractivity contribution in [3.8, 4) is 5.75 Å². The van der Waals surface area contributed by atoms with Crippen LogP contribution in [0.2, 0.25) is 0 Å². The number of hydrogen-bond acceptors (Lipinski definition) is 6. The smallest absolute Gasteiger partial charge is 0.276 e. The number of para-hydroxylation sites is 1. The molecule has 0 saturated heterocycles. The van der Waals surface area contributed by atoms with Crippen LogP contribution < -0.4 is 20.9 Å². The minimum absolute atomic E-state index is 0.00807. The Morgan fingerprint density at radius 3 is 2.14 bits per heavy atom. The molecule has 0 heterocycles. The molecule has 184 valence electrons. The molecule has 0 aliphatic rings. The largest absolute Gasteiger partial charge is 0.484 e. The predicted octanol–water partition coefficient (Wildman–Crippen LogP) is 3.30. The van der Waals surface area contributed by atoms with Crippen molar-refractivity contribution in [2.45, 2.75) is 18.7 Å². The van der Waals surface area contributed by atoms with Crippen molar-refractivity contribution in [1.29, 1.82) is 0 Å². The molecule has 0 aliphatic heterocycles. The lowest BCUT2D eigenvalue weighted by Gasteiger charge is -2.18. The van der Waals surface area contributed by atoms with E-state index in [-0.39, 0.29) is 17.1 Å². The van der Waals surface area contributed by atoms with E-state index in [1.54, 1.807) is 26.0 Å². The Bertz CT molecular complexity index is 1240. The standard InChI is InChI=1S/C25H28N4O5S/c1-3-29(4-2)35(32,33)23-12-8-9-19(17-23)25(31)28-27-24(30)18-34-22-15-13-21(14-16-22)26-20-10-6-5-7-11-20/h5-17,26H,3-4,18H2,1-2H3,(H,27,30)(H,28,31). The molecular formula is C25H28N4O5S. The van der Waals surface area contributed by atoms with E-state index in [2.05, 4.69) is 16.2 Å². The maximum Gasteiger partial charge on any atom is 0.276 e. The zero-order valence-electron chi connectivity index (χ0n) is 19.5. The van der Waals surface area contributed by atoms with E-state index in [4.69, 9.17) is 4.74 Å². The molecule has 0 saturated carbocycles. The van der Waals surface area contributed by atoms with Crippen molar-refractivity contribution in [3.63, 3.8) is 0 Å². The Kier molecular flexibility index (Phi) is 8.82. The van der Waals surface area contributed by atoms with E-state index in [1.807, 2.05) is 42.5 Å². The summed E-state index contributed by atoms with van der Waals surface area (Å²) in [6, 6.07) is 22.4. The van der Waals surface area contributed by atoms with Crippen LogP contribution in [0.4, 0.5) is 11.4 Å². The monoisotopic (exact) mass is 496 g/mol. The van der Waals surface area contributed by atoms with Crippen LogP contribution >= 0.6 is 0 Å². The molecule has 0 spiro atoms. The van der Waals surface area contributed by atoms with Crippen LogP contribution in [0.15, 0.2) is 83.8 Å². The second kappa shape index (κ2) is 12.0. The van der Waals surface area contributed by atoms with Gasteiger partial charge in [0.25, 0.3) is 11.8 Å². The highest BCUT2D eigenvalue weighted by Gasteiger charge is 2.22. The molecule has 10 heteroatoms. The van der Waals surface area contributed by atoms with Crippen LogP contribution in [-0.4, -0.2) is 44.2 Å². The molecule has 35 heavy (non-hydrogen) atoms. The van der Waals surface area contributed by atoms with Crippen LogP contribution in [0.25, 0.3) is 0 Å². The Morgan fingerprint density at radius 2 is 1.49 bits per heavy atom. The van der Waals surface area contributed by atoms with E-state index in [9.17, 15) is 18.0 Å². The second-order valence-corrected chi connectivity index (χ2v) is 9.36. The summed E-state index contributed by atoms with van der Waals surface area (Å²) in [4.78, 5) is 24.5. The van der Waals surface area contributed by atoms with Gasteiger partial charge in [-0.1, -0.05) is 38.1 Å². The topological polar surface area (TPSA) is 117 Å². The number of carbonyl (C=O) groups excluding carboxylic acids is 2. The minimum atomic E-state index is -3.71. The third-order valence-electron chi connectivity index (χ3n) is 5.04. The lowest BCUT2D eigenvalue weighted by molar-refractivity contribution is -0.123. The number of hydrazine groups is 1. The van der Waals surface area contributed by atoms with Gasteiger partial charge >= 0.3 is 0 Å². The van der Waals surface area contributed by atoms with Gasteiger partial charge in [-0.3, -0.25) is 20.4 Å². The molecule has 0 aromatic heterocycles. The van der Waals surface area contributed by atoms with Gasteiger partial charge < -0.3 is 10.1 Å². The van der Waals surface area contributed by atoms with Crippen molar-refractivity contribution < 1.29 is 22.7 Å². The van der Waals surface area contributed by atoms with Crippen molar-refractivity contribution >= 4 is 33.2 Å². The molecule has 2 amide bonds. The first kappa shape index (κ1) is 25.7. The van der Waals surface area contributed by atoms with Crippen LogP contribution in [0, 0.1) is 0 Å². The van der Waals surface area contributed by atoms with Gasteiger partial charge in [0.1, 0.15) is 5.75 Å². The molecule has 0 unspecified atom stereocenters. The Hall–Kier alpha value is -3.89. The highest BCUT2D eigenvalue weighted by molar-refractivity contribution is 7.89. The van der Waals surface area contributed by atoms with Gasteiger partial charge in [-0.05, 0) is 54.6 Å². The fraction of sp³-hybridized carbons (Fsp3) is 0.200. The van der Waals surface area contributed by atoms with Gasteiger partial charge in [-0.2, -0.15) is 4.31 Å². The fourth-order valence-electron chi connectivity index (χ4n) is 3.22. The molecule has 0 fully saturated rings. The highest BCUT2D eigenvalue weighted by atomic mass is 32.2. The van der Waals surface area contributed by atoms with Gasteiger partial charge in [-0.25, -0.2) is 8.42 Å². The summed E-state index contributed by atoms with van der Waals surface area (Å²) in [7, 11) is -3.71. The van der Waals surface area contributed by atoms with Crippen LogP contribution in [0.1, 0.15) is 24.2 Å². The van der Waals surface area contributed by atoms with Gasteiger partial charge in [0.05, 0.1) is 4.90 Å². The Morgan fingerprint density at radius 1 is 0.829 bits per heavy atom. The van der Waals surface area contributed by atoms with E-state index in [1.165, 1.54) is 28.6 Å². The number of rotatable bonds is 10. The van der Waals surface area contributed by atoms with Gasteiger partial charge in [0.2, 0.25) is 10.0 Å². The average molecular weight is 497 g/mol. The molecule has 0 radical (unpaired) electrons. The normalized spacial score (nSPS) is 11.1. The first-order valence-electron chi connectivity index (χ1n) is 11.1. The number of nitrogens with one attached hydrogen (secondary N) is 3. The van der Waals surface area contributed by atoms with Gasteiger partial charge in [0, 0.05) is 30.0 Å². The van der Waals surface area contributed by atoms with Gasteiger partial charge in [0.15, 0.2) is 6.61 Å². The Labute approximate surface area is 205 Å². The zero-order chi connectivity index (χ0) is 25.3. The molecule has 3 aromatic rings. The summed E-state index contributed by atoms with van der Waals surface area (Å²) < 4.78 is 32.1.